The minimum atomic E-state index is 0.822. The van der Waals surface area contributed by atoms with Crippen molar-refractivity contribution >= 4 is 38.6 Å². The lowest BCUT2D eigenvalue weighted by Crippen LogP contribution is -2.10. The maximum atomic E-state index is 7.07. The standard InChI is InChI=1S/C50H33NO/c1-3-12-34(13-4-1)36-22-25-41(26-23-36)51(42-27-24-35-14-7-8-17-38(35)30-42)43-28-29-46-49(33-43)52-48-32-40-19-10-9-18-39(40)31-47(48)45-21-11-20-44(50(45)46)37-15-5-2-6-16-37/h1-33H. The Morgan fingerprint density at radius 1 is 0.288 bits per heavy atom. The van der Waals surface area contributed by atoms with E-state index in [0.29, 0.717) is 0 Å². The van der Waals surface area contributed by atoms with Gasteiger partial charge in [-0.25, -0.2) is 0 Å². The average molecular weight is 664 g/mol. The molecule has 2 nitrogen and oxygen atoms in total. The van der Waals surface area contributed by atoms with Crippen LogP contribution in [0.25, 0.3) is 66.1 Å². The quantitative estimate of drug-likeness (QED) is 0.182. The van der Waals surface area contributed by atoms with Gasteiger partial charge in [-0.05, 0) is 97.9 Å². The van der Waals surface area contributed by atoms with Gasteiger partial charge in [0.15, 0.2) is 0 Å². The summed E-state index contributed by atoms with van der Waals surface area (Å²) in [4.78, 5) is 2.33. The highest BCUT2D eigenvalue weighted by Crippen LogP contribution is 2.52. The van der Waals surface area contributed by atoms with Crippen molar-refractivity contribution in [1.29, 1.82) is 0 Å². The Bertz CT molecular complexity index is 2750. The average Bonchev–Trinajstić information content (AvgIpc) is 3.35. The fourth-order valence-corrected chi connectivity index (χ4v) is 7.70. The van der Waals surface area contributed by atoms with E-state index >= 15 is 0 Å². The van der Waals surface area contributed by atoms with E-state index in [4.69, 9.17) is 4.74 Å². The van der Waals surface area contributed by atoms with Crippen molar-refractivity contribution in [2.24, 2.45) is 0 Å². The fraction of sp³-hybridized carbons (Fsp3) is 0. The van der Waals surface area contributed by atoms with Gasteiger partial charge in [-0.15, -0.1) is 0 Å². The predicted molar refractivity (Wildman–Crippen MR) is 218 cm³/mol. The first-order valence-electron chi connectivity index (χ1n) is 17.8. The SMILES string of the molecule is c1ccc(-c2ccc(N(c3ccc4c(c3)Oc3cc5ccccc5cc3-c3cccc(-c5ccccc5)c3-4)c3ccc4ccccc4c3)cc2)cc1. The topological polar surface area (TPSA) is 12.5 Å². The number of ether oxygens (including phenoxy) is 1. The molecule has 0 fully saturated rings. The summed E-state index contributed by atoms with van der Waals surface area (Å²) in [6.07, 6.45) is 0. The summed E-state index contributed by atoms with van der Waals surface area (Å²) in [6.45, 7) is 0. The number of hydrogen-bond donors (Lipinski definition) is 0. The van der Waals surface area contributed by atoms with Crippen molar-refractivity contribution in [1.82, 2.24) is 0 Å². The maximum Gasteiger partial charge on any atom is 0.137 e. The third kappa shape index (κ3) is 5.21. The van der Waals surface area contributed by atoms with Gasteiger partial charge >= 0.3 is 0 Å². The van der Waals surface area contributed by atoms with E-state index in [1.54, 1.807) is 0 Å². The van der Waals surface area contributed by atoms with Crippen LogP contribution in [0.2, 0.25) is 0 Å². The van der Waals surface area contributed by atoms with Crippen molar-refractivity contribution in [3.05, 3.63) is 200 Å². The van der Waals surface area contributed by atoms with Crippen LogP contribution in [0.1, 0.15) is 0 Å². The molecule has 0 saturated carbocycles. The van der Waals surface area contributed by atoms with E-state index in [1.165, 1.54) is 44.0 Å². The second-order valence-corrected chi connectivity index (χ2v) is 13.4. The van der Waals surface area contributed by atoms with Crippen LogP contribution in [0.3, 0.4) is 0 Å². The zero-order valence-electron chi connectivity index (χ0n) is 28.4. The summed E-state index contributed by atoms with van der Waals surface area (Å²) >= 11 is 0. The lowest BCUT2D eigenvalue weighted by atomic mass is 9.87. The molecule has 9 aromatic carbocycles. The Balaban J connectivity index is 1.19. The lowest BCUT2D eigenvalue weighted by Gasteiger charge is -2.27. The highest BCUT2D eigenvalue weighted by Gasteiger charge is 2.26. The van der Waals surface area contributed by atoms with Crippen molar-refractivity contribution in [3.8, 4) is 56.0 Å². The molecule has 2 heteroatoms. The molecule has 1 aliphatic heterocycles. The van der Waals surface area contributed by atoms with Gasteiger partial charge in [0, 0.05) is 39.8 Å². The van der Waals surface area contributed by atoms with E-state index in [9.17, 15) is 0 Å². The summed E-state index contributed by atoms with van der Waals surface area (Å²) in [6, 6.07) is 71.6. The second kappa shape index (κ2) is 12.5. The van der Waals surface area contributed by atoms with Gasteiger partial charge in [0.2, 0.25) is 0 Å². The largest absolute Gasteiger partial charge is 0.456 e. The van der Waals surface area contributed by atoms with E-state index < -0.39 is 0 Å². The van der Waals surface area contributed by atoms with Crippen LogP contribution in [0.15, 0.2) is 200 Å². The van der Waals surface area contributed by atoms with E-state index in [0.717, 1.165) is 50.6 Å². The highest BCUT2D eigenvalue weighted by molar-refractivity contribution is 6.02. The lowest BCUT2D eigenvalue weighted by molar-refractivity contribution is 0.488. The molecule has 10 rings (SSSR count). The third-order valence-corrected chi connectivity index (χ3v) is 10.2. The Hall–Kier alpha value is -6.90. The number of fused-ring (bicyclic) bond motifs is 7. The van der Waals surface area contributed by atoms with Crippen LogP contribution in [0.5, 0.6) is 11.5 Å². The molecular formula is C50H33NO. The zero-order chi connectivity index (χ0) is 34.4. The van der Waals surface area contributed by atoms with Crippen LogP contribution in [-0.4, -0.2) is 0 Å². The van der Waals surface area contributed by atoms with Crippen LogP contribution < -0.4 is 9.64 Å². The molecule has 0 bridgehead atoms. The summed E-state index contributed by atoms with van der Waals surface area (Å²) < 4.78 is 7.07. The first kappa shape index (κ1) is 30.0. The van der Waals surface area contributed by atoms with Gasteiger partial charge in [-0.2, -0.15) is 0 Å². The molecule has 244 valence electrons. The van der Waals surface area contributed by atoms with Crippen LogP contribution >= 0.6 is 0 Å². The zero-order valence-corrected chi connectivity index (χ0v) is 28.4. The van der Waals surface area contributed by atoms with Crippen molar-refractivity contribution in [3.63, 3.8) is 0 Å². The Kier molecular flexibility index (Phi) is 7.18. The Labute approximate surface area is 303 Å². The van der Waals surface area contributed by atoms with Gasteiger partial charge in [0.1, 0.15) is 11.5 Å². The molecule has 0 spiro atoms. The summed E-state index contributed by atoms with van der Waals surface area (Å²) in [5.74, 6) is 1.67. The molecule has 0 N–H and O–H groups in total. The molecule has 0 aliphatic carbocycles. The number of rotatable bonds is 5. The number of anilines is 3. The second-order valence-electron chi connectivity index (χ2n) is 13.4. The summed E-state index contributed by atoms with van der Waals surface area (Å²) in [5, 5.41) is 4.75. The van der Waals surface area contributed by atoms with Crippen LogP contribution in [-0.2, 0) is 0 Å². The van der Waals surface area contributed by atoms with Gasteiger partial charge in [0.05, 0.1) is 0 Å². The minimum Gasteiger partial charge on any atom is -0.456 e. The first-order chi connectivity index (χ1) is 25.8. The Morgan fingerprint density at radius 3 is 1.58 bits per heavy atom. The van der Waals surface area contributed by atoms with E-state index in [1.807, 2.05) is 0 Å². The molecule has 0 unspecified atom stereocenters. The summed E-state index contributed by atoms with van der Waals surface area (Å²) in [7, 11) is 0. The van der Waals surface area contributed by atoms with Crippen molar-refractivity contribution < 1.29 is 4.74 Å². The van der Waals surface area contributed by atoms with Crippen LogP contribution in [0.4, 0.5) is 17.1 Å². The van der Waals surface area contributed by atoms with Crippen LogP contribution in [0, 0.1) is 0 Å². The van der Waals surface area contributed by atoms with Gasteiger partial charge in [-0.1, -0.05) is 146 Å². The monoisotopic (exact) mass is 663 g/mol. The highest BCUT2D eigenvalue weighted by atomic mass is 16.5. The predicted octanol–water partition coefficient (Wildman–Crippen LogP) is 14.2. The number of hydrogen-bond acceptors (Lipinski definition) is 2. The molecule has 1 heterocycles. The normalized spacial score (nSPS) is 11.6. The molecular weight excluding hydrogens is 631 g/mol. The van der Waals surface area contributed by atoms with Crippen molar-refractivity contribution in [2.45, 2.75) is 0 Å². The molecule has 0 amide bonds. The molecule has 0 aromatic heterocycles. The van der Waals surface area contributed by atoms with Gasteiger partial charge in [-0.3, -0.25) is 0 Å². The molecule has 0 atom stereocenters. The van der Waals surface area contributed by atoms with E-state index in [2.05, 4.69) is 205 Å². The fourth-order valence-electron chi connectivity index (χ4n) is 7.70. The maximum absolute atomic E-state index is 7.07. The molecule has 9 aromatic rings. The van der Waals surface area contributed by atoms with E-state index in [-0.39, 0.29) is 0 Å². The number of nitrogens with zero attached hydrogens (tertiary/aromatic N) is 1. The molecule has 0 radical (unpaired) electrons. The Morgan fingerprint density at radius 2 is 0.827 bits per heavy atom. The first-order valence-corrected chi connectivity index (χ1v) is 17.8. The third-order valence-electron chi connectivity index (χ3n) is 10.2. The van der Waals surface area contributed by atoms with Gasteiger partial charge in [0.25, 0.3) is 0 Å². The van der Waals surface area contributed by atoms with Gasteiger partial charge < -0.3 is 9.64 Å². The smallest absolute Gasteiger partial charge is 0.137 e. The number of benzene rings is 9. The molecule has 52 heavy (non-hydrogen) atoms. The minimum absolute atomic E-state index is 0.822. The molecule has 1 aliphatic rings. The summed E-state index contributed by atoms with van der Waals surface area (Å²) in [5.41, 5.74) is 12.4. The molecule has 0 saturated heterocycles. The van der Waals surface area contributed by atoms with Crippen molar-refractivity contribution in [2.75, 3.05) is 4.90 Å².